The van der Waals surface area contributed by atoms with Gasteiger partial charge in [-0.25, -0.2) is 14.8 Å². The first-order chi connectivity index (χ1) is 25.0. The van der Waals surface area contributed by atoms with Gasteiger partial charge in [0.15, 0.2) is 17.0 Å². The van der Waals surface area contributed by atoms with Crippen LogP contribution in [0.5, 0.6) is 0 Å². The fraction of sp³-hybridized carbons (Fsp3) is 0.500. The molecule has 4 rings (SSSR count). The number of aromatic nitrogens is 7. The summed E-state index contributed by atoms with van der Waals surface area (Å²) in [5.74, 6) is -0.791. The molecule has 0 aliphatic heterocycles. The summed E-state index contributed by atoms with van der Waals surface area (Å²) in [5.41, 5.74) is 14.7. The van der Waals surface area contributed by atoms with E-state index in [1.54, 1.807) is 35.1 Å². The number of ketones is 1. The summed E-state index contributed by atoms with van der Waals surface area (Å²) >= 11 is 1.87. The van der Waals surface area contributed by atoms with Gasteiger partial charge in [0.05, 0.1) is 44.0 Å². The van der Waals surface area contributed by atoms with E-state index in [1.807, 2.05) is 29.9 Å². The van der Waals surface area contributed by atoms with Crippen molar-refractivity contribution >= 4 is 58.0 Å². The summed E-state index contributed by atoms with van der Waals surface area (Å²) in [6, 6.07) is 5.43. The molecule has 0 fully saturated rings. The van der Waals surface area contributed by atoms with E-state index in [-0.39, 0.29) is 49.0 Å². The number of carboxylic acids is 1. The number of nitrogens with one attached hydrogen (secondary N) is 1. The van der Waals surface area contributed by atoms with Gasteiger partial charge in [-0.15, -0.1) is 5.10 Å². The van der Waals surface area contributed by atoms with E-state index in [0.717, 1.165) is 23.7 Å². The van der Waals surface area contributed by atoms with Crippen LogP contribution < -0.4 is 21.7 Å². The SMILES string of the molecule is CC(C)SCCOCCc1cn(CCCOCCC(=O)CCC(NC(=O)c2ccc(N(C)Cc3cnc4nc(N)nc(N)c4n3)cc2)C(=O)O)nn1. The summed E-state index contributed by atoms with van der Waals surface area (Å²) in [7, 11) is 1.84. The first kappa shape index (κ1) is 39.8. The minimum atomic E-state index is -1.22. The van der Waals surface area contributed by atoms with Crippen LogP contribution in [0.2, 0.25) is 0 Å². The van der Waals surface area contributed by atoms with Crippen LogP contribution in [0.3, 0.4) is 0 Å². The Kier molecular flexibility index (Phi) is 15.5. The molecule has 18 heteroatoms. The summed E-state index contributed by atoms with van der Waals surface area (Å²) in [4.78, 5) is 55.8. The molecule has 4 aromatic rings. The Bertz CT molecular complexity index is 1770. The van der Waals surface area contributed by atoms with Gasteiger partial charge in [-0.3, -0.25) is 14.3 Å². The molecule has 1 unspecified atom stereocenters. The smallest absolute Gasteiger partial charge is 0.326 e. The van der Waals surface area contributed by atoms with Crippen LogP contribution in [0.25, 0.3) is 11.2 Å². The quantitative estimate of drug-likeness (QED) is 0.0800. The molecule has 1 atom stereocenters. The molecule has 3 aromatic heterocycles. The first-order valence-electron chi connectivity index (χ1n) is 17.1. The third kappa shape index (κ3) is 13.0. The minimum absolute atomic E-state index is 0.00479. The Morgan fingerprint density at radius 3 is 2.52 bits per heavy atom. The molecule has 6 N–H and O–H groups in total. The molecule has 1 amide bonds. The molecule has 1 aromatic carbocycles. The number of Topliss-reactive ketones (excluding diaryl/α,β-unsaturated/α-hetero) is 1. The molecule has 0 bridgehead atoms. The number of carbonyl (C=O) groups excluding carboxylic acids is 2. The lowest BCUT2D eigenvalue weighted by Crippen LogP contribution is -2.41. The highest BCUT2D eigenvalue weighted by Gasteiger charge is 2.22. The van der Waals surface area contributed by atoms with Crippen LogP contribution in [0.4, 0.5) is 17.5 Å². The Hall–Kier alpha value is -4.94. The maximum atomic E-state index is 12.9. The van der Waals surface area contributed by atoms with Gasteiger partial charge in [0, 0.05) is 62.7 Å². The summed E-state index contributed by atoms with van der Waals surface area (Å²) in [6.07, 6.45) is 4.99. The van der Waals surface area contributed by atoms with Crippen molar-refractivity contribution in [3.05, 3.63) is 53.6 Å². The normalized spacial score (nSPS) is 11.9. The van der Waals surface area contributed by atoms with Gasteiger partial charge in [0.25, 0.3) is 5.91 Å². The van der Waals surface area contributed by atoms with Gasteiger partial charge in [0.1, 0.15) is 11.8 Å². The number of hydrogen-bond acceptors (Lipinski definition) is 15. The number of fused-ring (bicyclic) bond motifs is 1. The predicted octanol–water partition coefficient (Wildman–Crippen LogP) is 2.54. The highest BCUT2D eigenvalue weighted by molar-refractivity contribution is 7.99. The van der Waals surface area contributed by atoms with Crippen molar-refractivity contribution in [1.29, 1.82) is 0 Å². The van der Waals surface area contributed by atoms with Crippen LogP contribution in [0.1, 0.15) is 61.3 Å². The monoisotopic (exact) mass is 737 g/mol. The number of carboxylic acid groups (broad SMARTS) is 1. The van der Waals surface area contributed by atoms with E-state index in [9.17, 15) is 19.5 Å². The number of hydrogen-bond donors (Lipinski definition) is 4. The molecule has 0 radical (unpaired) electrons. The van der Waals surface area contributed by atoms with Crippen LogP contribution in [-0.4, -0.2) is 108 Å². The molecule has 0 saturated heterocycles. The number of aryl methyl sites for hydroxylation is 1. The number of benzene rings is 1. The predicted molar refractivity (Wildman–Crippen MR) is 198 cm³/mol. The maximum absolute atomic E-state index is 12.9. The third-order valence-corrected chi connectivity index (χ3v) is 8.82. The number of anilines is 3. The first-order valence-corrected chi connectivity index (χ1v) is 18.1. The van der Waals surface area contributed by atoms with Crippen LogP contribution in [-0.2, 0) is 38.6 Å². The van der Waals surface area contributed by atoms with Gasteiger partial charge in [-0.1, -0.05) is 19.1 Å². The fourth-order valence-electron chi connectivity index (χ4n) is 4.99. The van der Waals surface area contributed by atoms with E-state index in [0.29, 0.717) is 61.3 Å². The average Bonchev–Trinajstić information content (AvgIpc) is 3.57. The van der Waals surface area contributed by atoms with Crippen molar-refractivity contribution in [2.24, 2.45) is 0 Å². The van der Waals surface area contributed by atoms with E-state index in [4.69, 9.17) is 20.9 Å². The number of rotatable bonds is 23. The molecule has 0 saturated carbocycles. The van der Waals surface area contributed by atoms with Gasteiger partial charge in [-0.05, 0) is 42.4 Å². The molecule has 0 aliphatic rings. The van der Waals surface area contributed by atoms with Crippen LogP contribution >= 0.6 is 11.8 Å². The lowest BCUT2D eigenvalue weighted by Gasteiger charge is -2.19. The molecular weight excluding hydrogens is 691 g/mol. The van der Waals surface area contributed by atoms with Gasteiger partial charge >= 0.3 is 5.97 Å². The van der Waals surface area contributed by atoms with E-state index < -0.39 is 17.9 Å². The van der Waals surface area contributed by atoms with Crippen LogP contribution in [0, 0.1) is 0 Å². The Labute approximate surface area is 306 Å². The van der Waals surface area contributed by atoms with Gasteiger partial charge < -0.3 is 36.3 Å². The Balaban J connectivity index is 1.11. The Morgan fingerprint density at radius 2 is 1.77 bits per heavy atom. The molecule has 52 heavy (non-hydrogen) atoms. The largest absolute Gasteiger partial charge is 0.480 e. The lowest BCUT2D eigenvalue weighted by atomic mass is 10.1. The van der Waals surface area contributed by atoms with Crippen molar-refractivity contribution in [2.75, 3.05) is 55.6 Å². The molecule has 0 aliphatic carbocycles. The average molecular weight is 738 g/mol. The minimum Gasteiger partial charge on any atom is -0.480 e. The number of amides is 1. The van der Waals surface area contributed by atoms with Crippen LogP contribution in [0.15, 0.2) is 36.7 Å². The van der Waals surface area contributed by atoms with Crippen molar-refractivity contribution in [3.8, 4) is 0 Å². The summed E-state index contributed by atoms with van der Waals surface area (Å²) in [6.45, 7) is 7.34. The van der Waals surface area contributed by atoms with Crippen molar-refractivity contribution in [3.63, 3.8) is 0 Å². The second-order valence-corrected chi connectivity index (χ2v) is 14.0. The zero-order valence-electron chi connectivity index (χ0n) is 29.7. The third-order valence-electron chi connectivity index (χ3n) is 7.75. The van der Waals surface area contributed by atoms with E-state index >= 15 is 0 Å². The number of thioether (sulfide) groups is 1. The topological polar surface area (TPSA) is 239 Å². The second kappa shape index (κ2) is 20.2. The molecule has 17 nitrogen and oxygen atoms in total. The number of nitrogens with two attached hydrogens (primary N) is 2. The highest BCUT2D eigenvalue weighted by Crippen LogP contribution is 2.19. The zero-order valence-corrected chi connectivity index (χ0v) is 30.5. The lowest BCUT2D eigenvalue weighted by molar-refractivity contribution is -0.139. The zero-order chi connectivity index (χ0) is 37.5. The maximum Gasteiger partial charge on any atom is 0.326 e. The van der Waals surface area contributed by atoms with Crippen molar-refractivity contribution in [1.82, 2.24) is 40.2 Å². The van der Waals surface area contributed by atoms with E-state index in [2.05, 4.69) is 49.4 Å². The Morgan fingerprint density at radius 1 is 1.00 bits per heavy atom. The molecular formula is C34H47N11O6S. The second-order valence-electron chi connectivity index (χ2n) is 12.3. The summed E-state index contributed by atoms with van der Waals surface area (Å²) in [5, 5.41) is 21.1. The molecule has 3 heterocycles. The standard InChI is InChI=1S/C34H47N11O6S/c1-22(2)52-18-17-51-15-11-24-21-45(43-42-24)13-4-14-50-16-12-27(46)9-10-28(33(48)49)39-32(47)23-5-7-26(8-6-23)44(3)20-25-19-37-31-29(38-25)30(35)40-34(36)41-31/h5-8,19,21-22,28H,4,9-18,20H2,1-3H3,(H,39,47)(H,48,49)(H4,35,36,37,40,41). The highest BCUT2D eigenvalue weighted by atomic mass is 32.2. The van der Waals surface area contributed by atoms with E-state index in [1.165, 1.54) is 0 Å². The summed E-state index contributed by atoms with van der Waals surface area (Å²) < 4.78 is 13.0. The molecule has 280 valence electrons. The number of nitrogen functional groups attached to an aromatic ring is 2. The number of aliphatic carboxylic acids is 1. The van der Waals surface area contributed by atoms with Crippen molar-refractivity contribution < 1.29 is 29.0 Å². The number of carbonyl (C=O) groups is 3. The number of nitrogens with zero attached hydrogens (tertiary/aromatic N) is 8. The van der Waals surface area contributed by atoms with Gasteiger partial charge in [-0.2, -0.15) is 21.7 Å². The number of ether oxygens (including phenoxy) is 2. The van der Waals surface area contributed by atoms with Gasteiger partial charge in [0.2, 0.25) is 5.95 Å². The van der Waals surface area contributed by atoms with Crippen molar-refractivity contribution in [2.45, 2.75) is 70.3 Å². The molecule has 0 spiro atoms. The fourth-order valence-corrected chi connectivity index (χ4v) is 5.68.